The second-order valence-electron chi connectivity index (χ2n) is 4.50. The van der Waals surface area contributed by atoms with Crippen LogP contribution in [0.25, 0.3) is 0 Å². The molecule has 5 heteroatoms. The highest BCUT2D eigenvalue weighted by Gasteiger charge is 2.07. The Bertz CT molecular complexity index is 408. The smallest absolute Gasteiger partial charge is 0.335 e. The van der Waals surface area contributed by atoms with Gasteiger partial charge in [-0.15, -0.1) is 0 Å². The van der Waals surface area contributed by atoms with E-state index in [0.29, 0.717) is 5.82 Å². The number of aliphatic hydroxyl groups is 1. The van der Waals surface area contributed by atoms with Gasteiger partial charge in [-0.3, -0.25) is 0 Å². The maximum Gasteiger partial charge on any atom is 0.335 e. The number of anilines is 1. The van der Waals surface area contributed by atoms with E-state index in [1.165, 1.54) is 0 Å². The quantitative estimate of drug-likeness (QED) is 0.597. The highest BCUT2D eigenvalue weighted by Crippen LogP contribution is 2.12. The van der Waals surface area contributed by atoms with Gasteiger partial charge in [0.1, 0.15) is 5.82 Å². The van der Waals surface area contributed by atoms with E-state index in [2.05, 4.69) is 10.3 Å². The third-order valence-corrected chi connectivity index (χ3v) is 2.77. The second-order valence-corrected chi connectivity index (χ2v) is 4.50. The number of nitrogens with zero attached hydrogens (tertiary/aromatic N) is 1. The first-order chi connectivity index (χ1) is 9.17. The first-order valence-electron chi connectivity index (χ1n) is 6.76. The third-order valence-electron chi connectivity index (χ3n) is 2.77. The molecule has 0 radical (unpaired) electrons. The van der Waals surface area contributed by atoms with E-state index in [4.69, 9.17) is 10.2 Å². The molecule has 3 N–H and O–H groups in total. The van der Waals surface area contributed by atoms with Crippen molar-refractivity contribution in [1.29, 1.82) is 0 Å². The number of aromatic nitrogens is 1. The van der Waals surface area contributed by atoms with Crippen molar-refractivity contribution >= 4 is 11.8 Å². The number of aryl methyl sites for hydroxylation is 1. The van der Waals surface area contributed by atoms with Gasteiger partial charge < -0.3 is 15.5 Å². The number of carbonyl (C=O) groups is 1. The van der Waals surface area contributed by atoms with Crippen LogP contribution >= 0.6 is 0 Å². The average molecular weight is 266 g/mol. The van der Waals surface area contributed by atoms with Crippen LogP contribution in [0.5, 0.6) is 0 Å². The molecule has 0 aliphatic carbocycles. The fraction of sp³-hybridized carbons (Fsp3) is 0.571. The number of aromatic carboxylic acids is 1. The molecule has 19 heavy (non-hydrogen) atoms. The van der Waals surface area contributed by atoms with Crippen molar-refractivity contribution in [3.8, 4) is 0 Å². The van der Waals surface area contributed by atoms with Gasteiger partial charge in [0.15, 0.2) is 0 Å². The number of nitrogens with one attached hydrogen (secondary N) is 1. The van der Waals surface area contributed by atoms with Crippen LogP contribution in [0.2, 0.25) is 0 Å². The lowest BCUT2D eigenvalue weighted by molar-refractivity contribution is 0.0696. The lowest BCUT2D eigenvalue weighted by atomic mass is 10.1. The summed E-state index contributed by atoms with van der Waals surface area (Å²) < 4.78 is 0. The third kappa shape index (κ3) is 5.70. The number of aliphatic hydroxyl groups excluding tert-OH is 1. The molecule has 1 aromatic rings. The van der Waals surface area contributed by atoms with Gasteiger partial charge in [0, 0.05) is 18.8 Å². The first-order valence-corrected chi connectivity index (χ1v) is 6.76. The summed E-state index contributed by atoms with van der Waals surface area (Å²) in [6, 6.07) is 3.19. The predicted molar refractivity (Wildman–Crippen MR) is 74.6 cm³/mol. The number of carboxylic acid groups (broad SMARTS) is 1. The van der Waals surface area contributed by atoms with Gasteiger partial charge in [0.25, 0.3) is 0 Å². The summed E-state index contributed by atoms with van der Waals surface area (Å²) in [5.74, 6) is -0.310. The molecular formula is C14H22N2O3. The minimum atomic E-state index is -0.928. The zero-order chi connectivity index (χ0) is 14.1. The zero-order valence-electron chi connectivity index (χ0n) is 11.4. The monoisotopic (exact) mass is 266 g/mol. The molecule has 0 saturated carbocycles. The van der Waals surface area contributed by atoms with Crippen LogP contribution in [0.3, 0.4) is 0 Å². The molecular weight excluding hydrogens is 244 g/mol. The molecule has 0 aromatic carbocycles. The lowest BCUT2D eigenvalue weighted by Crippen LogP contribution is -2.08. The number of unbranched alkanes of at least 4 members (excludes halogenated alkanes) is 2. The van der Waals surface area contributed by atoms with E-state index in [-0.39, 0.29) is 12.2 Å². The Hall–Kier alpha value is -1.62. The van der Waals surface area contributed by atoms with E-state index < -0.39 is 5.97 Å². The van der Waals surface area contributed by atoms with E-state index in [1.54, 1.807) is 12.1 Å². The van der Waals surface area contributed by atoms with Gasteiger partial charge in [-0.05, 0) is 37.8 Å². The molecule has 106 valence electrons. The van der Waals surface area contributed by atoms with Crippen LogP contribution in [-0.2, 0) is 6.42 Å². The Kier molecular flexibility index (Phi) is 6.89. The minimum Gasteiger partial charge on any atom is -0.478 e. The topological polar surface area (TPSA) is 82.5 Å². The molecule has 0 spiro atoms. The van der Waals surface area contributed by atoms with Gasteiger partial charge in [0.2, 0.25) is 0 Å². The molecule has 0 aliphatic heterocycles. The Morgan fingerprint density at radius 3 is 2.74 bits per heavy atom. The molecule has 0 amide bonds. The SMILES string of the molecule is CCCc1cc(C(=O)O)cc(NCCCCCO)n1. The summed E-state index contributed by atoms with van der Waals surface area (Å²) in [4.78, 5) is 15.4. The summed E-state index contributed by atoms with van der Waals surface area (Å²) >= 11 is 0. The summed E-state index contributed by atoms with van der Waals surface area (Å²) in [6.07, 6.45) is 4.39. The Morgan fingerprint density at radius 1 is 1.32 bits per heavy atom. The zero-order valence-corrected chi connectivity index (χ0v) is 11.4. The molecule has 5 nitrogen and oxygen atoms in total. The molecule has 0 unspecified atom stereocenters. The van der Waals surface area contributed by atoms with Crippen molar-refractivity contribution in [3.63, 3.8) is 0 Å². The number of hydrogen-bond donors (Lipinski definition) is 3. The van der Waals surface area contributed by atoms with Crippen molar-refractivity contribution in [3.05, 3.63) is 23.4 Å². The van der Waals surface area contributed by atoms with Crippen molar-refractivity contribution in [2.24, 2.45) is 0 Å². The average Bonchev–Trinajstić information content (AvgIpc) is 2.38. The van der Waals surface area contributed by atoms with Crippen molar-refractivity contribution in [1.82, 2.24) is 4.98 Å². The Balaban J connectivity index is 2.62. The van der Waals surface area contributed by atoms with Gasteiger partial charge in [-0.25, -0.2) is 9.78 Å². The van der Waals surface area contributed by atoms with Gasteiger partial charge in [-0.1, -0.05) is 13.3 Å². The van der Waals surface area contributed by atoms with Crippen molar-refractivity contribution in [2.75, 3.05) is 18.5 Å². The van der Waals surface area contributed by atoms with E-state index in [0.717, 1.165) is 44.3 Å². The number of pyridine rings is 1. The predicted octanol–water partition coefficient (Wildman–Crippen LogP) is 2.31. The lowest BCUT2D eigenvalue weighted by Gasteiger charge is -2.08. The van der Waals surface area contributed by atoms with Crippen LogP contribution in [0.4, 0.5) is 5.82 Å². The highest BCUT2D eigenvalue weighted by atomic mass is 16.4. The summed E-state index contributed by atoms with van der Waals surface area (Å²) in [7, 11) is 0. The molecule has 0 saturated heterocycles. The van der Waals surface area contributed by atoms with E-state index in [9.17, 15) is 4.79 Å². The minimum absolute atomic E-state index is 0.216. The van der Waals surface area contributed by atoms with E-state index in [1.807, 2.05) is 6.92 Å². The maximum atomic E-state index is 11.0. The van der Waals surface area contributed by atoms with Gasteiger partial charge in [-0.2, -0.15) is 0 Å². The molecule has 1 aromatic heterocycles. The Morgan fingerprint density at radius 2 is 2.11 bits per heavy atom. The van der Waals surface area contributed by atoms with Crippen LogP contribution in [-0.4, -0.2) is 34.3 Å². The number of hydrogen-bond acceptors (Lipinski definition) is 4. The summed E-state index contributed by atoms with van der Waals surface area (Å²) in [5.41, 5.74) is 1.08. The summed E-state index contributed by atoms with van der Waals surface area (Å²) in [6.45, 7) is 2.99. The standard InChI is InChI=1S/C14H22N2O3/c1-2-6-12-9-11(14(18)19)10-13(16-12)15-7-4-3-5-8-17/h9-10,17H,2-8H2,1H3,(H,15,16)(H,18,19). The van der Waals surface area contributed by atoms with Gasteiger partial charge in [0.05, 0.1) is 5.56 Å². The highest BCUT2D eigenvalue weighted by molar-refractivity contribution is 5.88. The van der Waals surface area contributed by atoms with E-state index >= 15 is 0 Å². The largest absolute Gasteiger partial charge is 0.478 e. The number of carboxylic acids is 1. The van der Waals surface area contributed by atoms with Crippen molar-refractivity contribution in [2.45, 2.75) is 39.0 Å². The molecule has 0 aliphatic rings. The molecule has 0 atom stereocenters. The van der Waals surface area contributed by atoms with Crippen LogP contribution in [0.15, 0.2) is 12.1 Å². The fourth-order valence-electron chi connectivity index (χ4n) is 1.82. The molecule has 1 rings (SSSR count). The normalized spacial score (nSPS) is 10.4. The van der Waals surface area contributed by atoms with Crippen LogP contribution < -0.4 is 5.32 Å². The molecule has 0 bridgehead atoms. The number of rotatable bonds is 9. The van der Waals surface area contributed by atoms with Crippen molar-refractivity contribution < 1.29 is 15.0 Å². The van der Waals surface area contributed by atoms with Crippen LogP contribution in [0, 0.1) is 0 Å². The van der Waals surface area contributed by atoms with Gasteiger partial charge >= 0.3 is 5.97 Å². The molecule has 0 fully saturated rings. The Labute approximate surface area is 113 Å². The second kappa shape index (κ2) is 8.48. The maximum absolute atomic E-state index is 11.0. The first kappa shape index (κ1) is 15.4. The summed E-state index contributed by atoms with van der Waals surface area (Å²) in [5, 5.41) is 20.9. The molecule has 1 heterocycles. The fourth-order valence-corrected chi connectivity index (χ4v) is 1.82. The van der Waals surface area contributed by atoms with Crippen LogP contribution in [0.1, 0.15) is 48.7 Å².